The number of methoxy groups -OCH3 is 1. The van der Waals surface area contributed by atoms with E-state index in [1.165, 1.54) is 0 Å². The molecule has 1 aliphatic heterocycles. The number of hydrogen-bond acceptors (Lipinski definition) is 4. The number of urea groups is 1. The van der Waals surface area contributed by atoms with Gasteiger partial charge in [0.25, 0.3) is 0 Å². The number of amides is 2. The molecule has 0 aliphatic carbocycles. The van der Waals surface area contributed by atoms with Crippen LogP contribution in [0.25, 0.3) is 11.0 Å². The van der Waals surface area contributed by atoms with Crippen molar-refractivity contribution in [1.29, 1.82) is 0 Å². The number of rotatable bonds is 4. The van der Waals surface area contributed by atoms with E-state index in [1.54, 1.807) is 18.9 Å². The minimum Gasteiger partial charge on any atom is -0.497 e. The molecule has 2 atom stereocenters. The summed E-state index contributed by atoms with van der Waals surface area (Å²) in [5.74, 6) is 0.555. The van der Waals surface area contributed by atoms with Gasteiger partial charge >= 0.3 is 12.0 Å². The number of carboxylic acid groups (broad SMARTS) is 1. The van der Waals surface area contributed by atoms with E-state index in [2.05, 4.69) is 5.32 Å². The summed E-state index contributed by atoms with van der Waals surface area (Å²) >= 11 is 0. The summed E-state index contributed by atoms with van der Waals surface area (Å²) in [4.78, 5) is 25.4. The van der Waals surface area contributed by atoms with E-state index in [9.17, 15) is 14.7 Å². The van der Waals surface area contributed by atoms with Gasteiger partial charge in [-0.05, 0) is 45.4 Å². The summed E-state index contributed by atoms with van der Waals surface area (Å²) in [7, 11) is 1.61. The maximum Gasteiger partial charge on any atom is 0.318 e. The van der Waals surface area contributed by atoms with Crippen LogP contribution in [0.4, 0.5) is 4.79 Å². The van der Waals surface area contributed by atoms with Crippen LogP contribution in [0, 0.1) is 12.3 Å². The lowest BCUT2D eigenvalue weighted by atomic mass is 9.90. The van der Waals surface area contributed by atoms with Gasteiger partial charge in [-0.15, -0.1) is 0 Å². The highest BCUT2D eigenvalue weighted by Crippen LogP contribution is 2.33. The van der Waals surface area contributed by atoms with Crippen molar-refractivity contribution in [3.63, 3.8) is 0 Å². The van der Waals surface area contributed by atoms with Crippen molar-refractivity contribution in [2.75, 3.05) is 20.2 Å². The second-order valence-corrected chi connectivity index (χ2v) is 7.16. The van der Waals surface area contributed by atoms with Crippen molar-refractivity contribution in [1.82, 2.24) is 10.2 Å². The number of aryl methyl sites for hydroxylation is 1. The molecular weight excluding hydrogens is 336 g/mol. The molecule has 0 saturated carbocycles. The van der Waals surface area contributed by atoms with Crippen molar-refractivity contribution < 1.29 is 23.8 Å². The average Bonchev–Trinajstić information content (AvgIpc) is 3.17. The molecule has 140 valence electrons. The van der Waals surface area contributed by atoms with Crippen LogP contribution in [-0.4, -0.2) is 42.2 Å². The standard InChI is InChI=1S/C19H24N2O5/c1-11-14-9-13(25-4)5-6-15(14)26-16(11)12(2)20-18(24)21-8-7-19(3,10-21)17(22)23/h5-6,9,12H,7-8,10H2,1-4H3,(H,20,24)(H,22,23). The summed E-state index contributed by atoms with van der Waals surface area (Å²) in [6.45, 7) is 6.10. The molecule has 7 nitrogen and oxygen atoms in total. The fraction of sp³-hybridized carbons (Fsp3) is 0.474. The molecule has 2 unspecified atom stereocenters. The quantitative estimate of drug-likeness (QED) is 0.873. The molecule has 0 spiro atoms. The van der Waals surface area contributed by atoms with E-state index in [0.717, 1.165) is 22.3 Å². The fourth-order valence-electron chi connectivity index (χ4n) is 3.41. The summed E-state index contributed by atoms with van der Waals surface area (Å²) in [6, 6.07) is 4.97. The van der Waals surface area contributed by atoms with Crippen LogP contribution in [0.15, 0.2) is 22.6 Å². The van der Waals surface area contributed by atoms with Crippen LogP contribution in [0.5, 0.6) is 5.75 Å². The van der Waals surface area contributed by atoms with Crippen molar-refractivity contribution in [3.05, 3.63) is 29.5 Å². The second kappa shape index (κ2) is 6.55. The number of carbonyl (C=O) groups excluding carboxylic acids is 1. The van der Waals surface area contributed by atoms with Gasteiger partial charge in [-0.3, -0.25) is 4.79 Å². The number of carbonyl (C=O) groups is 2. The van der Waals surface area contributed by atoms with Gasteiger partial charge in [-0.1, -0.05) is 0 Å². The van der Waals surface area contributed by atoms with Crippen LogP contribution >= 0.6 is 0 Å². The third-order valence-electron chi connectivity index (χ3n) is 5.19. The van der Waals surface area contributed by atoms with Gasteiger partial charge in [0, 0.05) is 24.0 Å². The minimum atomic E-state index is -0.883. The zero-order valence-corrected chi connectivity index (χ0v) is 15.5. The zero-order valence-electron chi connectivity index (χ0n) is 15.5. The first kappa shape index (κ1) is 18.1. The third-order valence-corrected chi connectivity index (χ3v) is 5.19. The highest BCUT2D eigenvalue weighted by Gasteiger charge is 2.42. The number of likely N-dealkylation sites (tertiary alicyclic amines) is 1. The Hall–Kier alpha value is -2.70. The molecular formula is C19H24N2O5. The van der Waals surface area contributed by atoms with Crippen LogP contribution in [0.2, 0.25) is 0 Å². The van der Waals surface area contributed by atoms with E-state index >= 15 is 0 Å². The highest BCUT2D eigenvalue weighted by molar-refractivity contribution is 5.84. The number of hydrogen-bond donors (Lipinski definition) is 2. The smallest absolute Gasteiger partial charge is 0.318 e. The summed E-state index contributed by atoms with van der Waals surface area (Å²) in [6.07, 6.45) is 0.452. The Morgan fingerprint density at radius 3 is 2.77 bits per heavy atom. The molecule has 2 amide bonds. The molecule has 1 aromatic heterocycles. The van der Waals surface area contributed by atoms with Gasteiger partial charge in [0.05, 0.1) is 18.6 Å². The fourth-order valence-corrected chi connectivity index (χ4v) is 3.41. The Labute approximate surface area is 151 Å². The van der Waals surface area contributed by atoms with E-state index in [-0.39, 0.29) is 18.6 Å². The van der Waals surface area contributed by atoms with Gasteiger partial charge in [0.15, 0.2) is 0 Å². The number of nitrogens with one attached hydrogen (secondary N) is 1. The summed E-state index contributed by atoms with van der Waals surface area (Å²) in [5, 5.41) is 13.2. The molecule has 0 radical (unpaired) electrons. The van der Waals surface area contributed by atoms with Crippen molar-refractivity contribution >= 4 is 23.0 Å². The zero-order chi connectivity index (χ0) is 19.1. The lowest BCUT2D eigenvalue weighted by Gasteiger charge is -2.22. The van der Waals surface area contributed by atoms with E-state index in [0.29, 0.717) is 18.7 Å². The molecule has 0 bridgehead atoms. The van der Waals surface area contributed by atoms with Gasteiger partial charge in [-0.2, -0.15) is 0 Å². The Bertz CT molecular complexity index is 859. The van der Waals surface area contributed by atoms with Crippen LogP contribution in [0.1, 0.15) is 37.6 Å². The summed E-state index contributed by atoms with van der Waals surface area (Å²) < 4.78 is 11.2. The highest BCUT2D eigenvalue weighted by atomic mass is 16.5. The van der Waals surface area contributed by atoms with Gasteiger partial charge < -0.3 is 24.5 Å². The first-order chi connectivity index (χ1) is 12.2. The van der Waals surface area contributed by atoms with Crippen LogP contribution in [0.3, 0.4) is 0 Å². The topological polar surface area (TPSA) is 92.0 Å². The Balaban J connectivity index is 1.75. The number of nitrogens with zero attached hydrogens (tertiary/aromatic N) is 1. The monoisotopic (exact) mass is 360 g/mol. The number of benzene rings is 1. The molecule has 26 heavy (non-hydrogen) atoms. The Morgan fingerprint density at radius 2 is 2.15 bits per heavy atom. The lowest BCUT2D eigenvalue weighted by Crippen LogP contribution is -2.41. The Kier molecular flexibility index (Phi) is 4.56. The molecule has 3 rings (SSSR count). The van der Waals surface area contributed by atoms with E-state index in [1.807, 2.05) is 32.0 Å². The molecule has 2 N–H and O–H groups in total. The van der Waals surface area contributed by atoms with E-state index in [4.69, 9.17) is 9.15 Å². The molecule has 1 fully saturated rings. The average molecular weight is 360 g/mol. The first-order valence-corrected chi connectivity index (χ1v) is 8.61. The normalized spacial score (nSPS) is 21.0. The Morgan fingerprint density at radius 1 is 1.42 bits per heavy atom. The summed E-state index contributed by atoms with van der Waals surface area (Å²) in [5.41, 5.74) is 0.800. The molecule has 2 aromatic rings. The second-order valence-electron chi connectivity index (χ2n) is 7.16. The number of ether oxygens (including phenoxy) is 1. The molecule has 7 heteroatoms. The SMILES string of the molecule is COc1ccc2oc(C(C)NC(=O)N3CCC(C)(C(=O)O)C3)c(C)c2c1. The van der Waals surface area contributed by atoms with Gasteiger partial charge in [0.2, 0.25) is 0 Å². The maximum absolute atomic E-state index is 12.5. The van der Waals surface area contributed by atoms with Crippen molar-refractivity contribution in [2.45, 2.75) is 33.2 Å². The van der Waals surface area contributed by atoms with Crippen LogP contribution in [-0.2, 0) is 4.79 Å². The van der Waals surface area contributed by atoms with Crippen molar-refractivity contribution in [2.24, 2.45) is 5.41 Å². The van der Waals surface area contributed by atoms with Gasteiger partial charge in [-0.25, -0.2) is 4.79 Å². The predicted molar refractivity (Wildman–Crippen MR) is 96.4 cm³/mol. The molecule has 1 aromatic carbocycles. The largest absolute Gasteiger partial charge is 0.497 e. The molecule has 1 aliphatic rings. The number of fused-ring (bicyclic) bond motifs is 1. The van der Waals surface area contributed by atoms with Crippen LogP contribution < -0.4 is 10.1 Å². The first-order valence-electron chi connectivity index (χ1n) is 8.61. The molecule has 1 saturated heterocycles. The van der Waals surface area contributed by atoms with E-state index < -0.39 is 11.4 Å². The number of carboxylic acids is 1. The third kappa shape index (κ3) is 3.09. The van der Waals surface area contributed by atoms with Gasteiger partial charge in [0.1, 0.15) is 17.1 Å². The predicted octanol–water partition coefficient (Wildman–Crippen LogP) is 3.32. The number of aliphatic carboxylic acids is 1. The number of furan rings is 1. The lowest BCUT2D eigenvalue weighted by molar-refractivity contribution is -0.147. The van der Waals surface area contributed by atoms with Crippen molar-refractivity contribution in [3.8, 4) is 5.75 Å². The molecule has 2 heterocycles. The maximum atomic E-state index is 12.5. The minimum absolute atomic E-state index is 0.206.